The first-order valence-electron chi connectivity index (χ1n) is 17.3. The first kappa shape index (κ1) is 32.1. The number of hydrogen-bond acceptors (Lipinski definition) is 3. The smallest absolute Gasteiger partial charge is 0.0464 e. The molecular weight excluding hydrogens is 687 g/mol. The molecule has 12 aromatic rings. The van der Waals surface area contributed by atoms with Gasteiger partial charge < -0.3 is 4.98 Å². The molecule has 0 spiro atoms. The molecule has 8 aromatic carbocycles. The van der Waals surface area contributed by atoms with Gasteiger partial charge in [-0.05, 0) is 48.5 Å². The normalized spacial score (nSPS) is 11.1. The van der Waals surface area contributed by atoms with Crippen molar-refractivity contribution in [2.75, 3.05) is 0 Å². The second kappa shape index (κ2) is 14.5. The molecule has 0 atom stereocenters. The zero-order chi connectivity index (χ0) is 34.7. The summed E-state index contributed by atoms with van der Waals surface area (Å²) in [5, 5.41) is 10.9. The van der Waals surface area contributed by atoms with Gasteiger partial charge in [-0.15, -0.1) is 34.0 Å². The number of rotatable bonds is 0. The van der Waals surface area contributed by atoms with Gasteiger partial charge in [0.15, 0.2) is 0 Å². The van der Waals surface area contributed by atoms with Crippen molar-refractivity contribution in [3.63, 3.8) is 0 Å². The van der Waals surface area contributed by atoms with Crippen molar-refractivity contribution in [3.05, 3.63) is 194 Å². The Bertz CT molecular complexity index is 2480. The molecule has 0 saturated carbocycles. The highest BCUT2D eigenvalue weighted by atomic mass is 32.1. The van der Waals surface area contributed by atoms with Crippen LogP contribution in [-0.2, 0) is 0 Å². The zero-order valence-corrected chi connectivity index (χ0v) is 30.6. The summed E-state index contributed by atoms with van der Waals surface area (Å²) in [5.41, 5.74) is 2.42. The van der Waals surface area contributed by atoms with Crippen LogP contribution in [-0.4, -0.2) is 4.98 Å². The lowest BCUT2D eigenvalue weighted by Crippen LogP contribution is -1.62. The molecule has 4 aromatic heterocycles. The Morgan fingerprint density at radius 1 is 0.212 bits per heavy atom. The van der Waals surface area contributed by atoms with Gasteiger partial charge in [0.25, 0.3) is 0 Å². The maximum Gasteiger partial charge on any atom is 0.0464 e. The van der Waals surface area contributed by atoms with E-state index in [4.69, 9.17) is 0 Å². The lowest BCUT2D eigenvalue weighted by Gasteiger charge is -1.88. The van der Waals surface area contributed by atoms with Crippen LogP contribution < -0.4 is 0 Å². The van der Waals surface area contributed by atoms with Gasteiger partial charge in [0.2, 0.25) is 0 Å². The molecule has 0 bridgehead atoms. The van der Waals surface area contributed by atoms with Crippen molar-refractivity contribution in [1.29, 1.82) is 0 Å². The number of hydrogen-bond donors (Lipinski definition) is 1. The molecule has 0 unspecified atom stereocenters. The van der Waals surface area contributed by atoms with E-state index < -0.39 is 0 Å². The average Bonchev–Trinajstić information content (AvgIpc) is 3.98. The minimum Gasteiger partial charge on any atom is -0.355 e. The molecule has 248 valence electrons. The van der Waals surface area contributed by atoms with Crippen LogP contribution in [0.15, 0.2) is 194 Å². The Morgan fingerprint density at radius 3 is 0.654 bits per heavy atom. The summed E-state index contributed by atoms with van der Waals surface area (Å²) >= 11 is 5.58. The molecule has 1 N–H and O–H groups in total. The molecule has 4 heterocycles. The molecule has 0 radical (unpaired) electrons. The first-order chi connectivity index (χ1) is 25.8. The van der Waals surface area contributed by atoms with E-state index >= 15 is 0 Å². The van der Waals surface area contributed by atoms with E-state index in [1.165, 1.54) is 82.3 Å². The molecule has 0 aliphatic carbocycles. The van der Waals surface area contributed by atoms with E-state index in [-0.39, 0.29) is 0 Å². The summed E-state index contributed by atoms with van der Waals surface area (Å²) in [6.07, 6.45) is 0. The summed E-state index contributed by atoms with van der Waals surface area (Å²) in [4.78, 5) is 3.38. The predicted octanol–water partition coefficient (Wildman–Crippen LogP) is 15.5. The van der Waals surface area contributed by atoms with Crippen LogP contribution >= 0.6 is 34.0 Å². The molecule has 52 heavy (non-hydrogen) atoms. The van der Waals surface area contributed by atoms with Gasteiger partial charge in [0.1, 0.15) is 0 Å². The fourth-order valence-corrected chi connectivity index (χ4v) is 10.1. The van der Waals surface area contributed by atoms with E-state index in [0.29, 0.717) is 0 Å². The number of fused-ring (bicyclic) bond motifs is 12. The Labute approximate surface area is 313 Å². The van der Waals surface area contributed by atoms with Gasteiger partial charge in [-0.1, -0.05) is 146 Å². The molecule has 1 nitrogen and oxygen atoms in total. The molecule has 0 aliphatic heterocycles. The van der Waals surface area contributed by atoms with Crippen LogP contribution in [0.3, 0.4) is 0 Å². The number of benzene rings is 8. The van der Waals surface area contributed by atoms with Gasteiger partial charge in [-0.25, -0.2) is 0 Å². The third-order valence-electron chi connectivity index (χ3n) is 9.27. The minimum atomic E-state index is 1.21. The van der Waals surface area contributed by atoms with Crippen molar-refractivity contribution in [2.24, 2.45) is 0 Å². The number of thiophene rings is 3. The Hall–Kier alpha value is -5.78. The highest BCUT2D eigenvalue weighted by Crippen LogP contribution is 2.35. The number of aromatic amines is 1. The van der Waals surface area contributed by atoms with Crippen molar-refractivity contribution in [2.45, 2.75) is 0 Å². The van der Waals surface area contributed by atoms with Gasteiger partial charge >= 0.3 is 0 Å². The van der Waals surface area contributed by atoms with Gasteiger partial charge in [0, 0.05) is 82.3 Å². The Kier molecular flexibility index (Phi) is 8.94. The summed E-state index contributed by atoms with van der Waals surface area (Å²) in [5.74, 6) is 0. The van der Waals surface area contributed by atoms with E-state index in [0.717, 1.165) is 0 Å². The Morgan fingerprint density at radius 2 is 0.404 bits per heavy atom. The third kappa shape index (κ3) is 6.33. The predicted molar refractivity (Wildman–Crippen MR) is 234 cm³/mol. The second-order valence-corrected chi connectivity index (χ2v) is 15.8. The van der Waals surface area contributed by atoms with Gasteiger partial charge in [-0.3, -0.25) is 0 Å². The highest BCUT2D eigenvalue weighted by Gasteiger charge is 2.04. The standard InChI is InChI=1S/C12H9N.3C12H8S/c4*1-3-7-11-9(5-1)10-6-2-4-8-12(10)13-11/h1-8,13H;3*1-8H. The summed E-state index contributed by atoms with van der Waals surface area (Å²) < 4.78 is 8.27. The lowest BCUT2D eigenvalue weighted by molar-refractivity contribution is 1.55. The summed E-state index contributed by atoms with van der Waals surface area (Å²) in [6, 6.07) is 68.1. The first-order valence-corrected chi connectivity index (χ1v) is 19.8. The SMILES string of the molecule is c1ccc2c(c1)[nH]c1ccccc12.c1ccc2c(c1)sc1ccccc12.c1ccc2c(c1)sc1ccccc12.c1ccc2c(c1)sc1ccccc12. The van der Waals surface area contributed by atoms with Crippen LogP contribution in [0.5, 0.6) is 0 Å². The maximum atomic E-state index is 3.38. The van der Waals surface area contributed by atoms with Gasteiger partial charge in [0.05, 0.1) is 0 Å². The third-order valence-corrected chi connectivity index (χ3v) is 12.7. The van der Waals surface area contributed by atoms with E-state index in [1.807, 2.05) is 34.0 Å². The Balaban J connectivity index is 0.0000000923. The monoisotopic (exact) mass is 719 g/mol. The summed E-state index contributed by atoms with van der Waals surface area (Å²) in [6.45, 7) is 0. The molecule has 0 amide bonds. The number of para-hydroxylation sites is 2. The van der Waals surface area contributed by atoms with E-state index in [1.54, 1.807) is 0 Å². The molecule has 4 heteroatoms. The lowest BCUT2D eigenvalue weighted by atomic mass is 10.2. The summed E-state index contributed by atoms with van der Waals surface area (Å²) in [7, 11) is 0. The molecule has 0 saturated heterocycles. The van der Waals surface area contributed by atoms with Crippen molar-refractivity contribution < 1.29 is 0 Å². The molecule has 0 aliphatic rings. The van der Waals surface area contributed by atoms with E-state index in [9.17, 15) is 0 Å². The number of nitrogens with one attached hydrogen (secondary N) is 1. The second-order valence-electron chi connectivity index (χ2n) is 12.5. The zero-order valence-electron chi connectivity index (χ0n) is 28.2. The minimum absolute atomic E-state index is 1.21. The van der Waals surface area contributed by atoms with Crippen LogP contribution in [0.2, 0.25) is 0 Å². The largest absolute Gasteiger partial charge is 0.355 e. The number of H-pyrrole nitrogens is 1. The maximum absolute atomic E-state index is 3.38. The van der Waals surface area contributed by atoms with Crippen molar-refractivity contribution in [3.8, 4) is 0 Å². The van der Waals surface area contributed by atoms with E-state index in [2.05, 4.69) is 199 Å². The fraction of sp³-hybridized carbons (Fsp3) is 0. The highest BCUT2D eigenvalue weighted by molar-refractivity contribution is 7.26. The molecule has 12 rings (SSSR count). The van der Waals surface area contributed by atoms with Crippen LogP contribution in [0.4, 0.5) is 0 Å². The quantitative estimate of drug-likeness (QED) is 0.161. The molecule has 0 fully saturated rings. The van der Waals surface area contributed by atoms with Crippen molar-refractivity contribution >= 4 is 116 Å². The topological polar surface area (TPSA) is 15.8 Å². The fourth-order valence-electron chi connectivity index (χ4n) is 6.82. The number of aromatic nitrogens is 1. The van der Waals surface area contributed by atoms with Crippen molar-refractivity contribution in [1.82, 2.24) is 4.98 Å². The average molecular weight is 720 g/mol. The van der Waals surface area contributed by atoms with Crippen LogP contribution in [0, 0.1) is 0 Å². The van der Waals surface area contributed by atoms with Crippen LogP contribution in [0.25, 0.3) is 82.3 Å². The van der Waals surface area contributed by atoms with Gasteiger partial charge in [-0.2, -0.15) is 0 Å². The van der Waals surface area contributed by atoms with Crippen LogP contribution in [0.1, 0.15) is 0 Å². The molecular formula is C48H33NS3.